The van der Waals surface area contributed by atoms with Gasteiger partial charge in [0.2, 0.25) is 5.75 Å². The van der Waals surface area contributed by atoms with Gasteiger partial charge in [-0.05, 0) is 66.7 Å². The van der Waals surface area contributed by atoms with Gasteiger partial charge >= 0.3 is 11.6 Å². The topological polar surface area (TPSA) is 210 Å². The van der Waals surface area contributed by atoms with Crippen LogP contribution in [0, 0.1) is 0 Å². The lowest BCUT2D eigenvalue weighted by molar-refractivity contribution is -0.138. The summed E-state index contributed by atoms with van der Waals surface area (Å²) in [7, 11) is 0. The van der Waals surface area contributed by atoms with Crippen LogP contribution in [0.3, 0.4) is 0 Å². The van der Waals surface area contributed by atoms with Gasteiger partial charge in [0.05, 0.1) is 11.3 Å². The van der Waals surface area contributed by atoms with Crippen molar-refractivity contribution in [1.82, 2.24) is 24.9 Å². The van der Waals surface area contributed by atoms with E-state index < -0.39 is 52.7 Å². The molecule has 0 spiro atoms. The molecule has 13 nitrogen and oxygen atoms in total. The molecule has 6 heterocycles. The van der Waals surface area contributed by atoms with E-state index in [4.69, 9.17) is 9.52 Å². The van der Waals surface area contributed by atoms with Crippen molar-refractivity contribution in [3.05, 3.63) is 181 Å². The zero-order valence-electron chi connectivity index (χ0n) is 27.0. The Morgan fingerprint density at radius 1 is 0.569 bits per heavy atom. The van der Waals surface area contributed by atoms with Crippen LogP contribution in [0.4, 0.5) is 0 Å². The summed E-state index contributed by atoms with van der Waals surface area (Å²) in [5.41, 5.74) is -1.19. The molecule has 0 bridgehead atoms. The molecule has 51 heavy (non-hydrogen) atoms. The average Bonchev–Trinajstić information content (AvgIpc) is 3.54. The predicted molar refractivity (Wildman–Crippen MR) is 188 cm³/mol. The molecule has 13 heteroatoms. The normalized spacial score (nSPS) is 11.8. The molecule has 8 rings (SSSR count). The summed E-state index contributed by atoms with van der Waals surface area (Å²) in [5.74, 6) is -6.28. The van der Waals surface area contributed by atoms with Gasteiger partial charge in [0.25, 0.3) is 0 Å². The fraction of sp³-hybridized carbons (Fsp3) is 0.0526. The number of hydrogen-bond acceptors (Lipinski definition) is 12. The van der Waals surface area contributed by atoms with E-state index in [1.54, 1.807) is 62.0 Å². The van der Waals surface area contributed by atoms with Crippen molar-refractivity contribution in [2.24, 2.45) is 0 Å². The number of carbonyl (C=O) groups is 2. The summed E-state index contributed by atoms with van der Waals surface area (Å²) in [4.78, 5) is 53.7. The number of carbonyl (C=O) groups excluding carboxylic acids is 1. The van der Waals surface area contributed by atoms with Crippen molar-refractivity contribution in [3.63, 3.8) is 0 Å². The number of ketones is 1. The van der Waals surface area contributed by atoms with Crippen molar-refractivity contribution in [2.45, 2.75) is 12.3 Å². The summed E-state index contributed by atoms with van der Waals surface area (Å²) in [6.07, 6.45) is 17.1. The number of Topliss-reactive ketones (excluding diaryl/α,β-unsaturated/α-hetero) is 1. The van der Waals surface area contributed by atoms with Crippen LogP contribution in [0.25, 0.3) is 10.8 Å². The van der Waals surface area contributed by atoms with E-state index in [0.717, 1.165) is 6.07 Å². The van der Waals surface area contributed by atoms with E-state index in [2.05, 4.69) is 24.9 Å². The number of carboxylic acids is 1. The van der Waals surface area contributed by atoms with Gasteiger partial charge < -0.3 is 24.8 Å². The third-order valence-corrected chi connectivity index (χ3v) is 6.30. The molecule has 1 aliphatic carbocycles. The fourth-order valence-electron chi connectivity index (χ4n) is 4.09. The molecule has 6 aromatic heterocycles. The lowest BCUT2D eigenvalue weighted by Gasteiger charge is -2.11. The Hall–Kier alpha value is -7.28. The third-order valence-electron chi connectivity index (χ3n) is 6.30. The quantitative estimate of drug-likeness (QED) is 0.145. The van der Waals surface area contributed by atoms with Crippen molar-refractivity contribution in [3.8, 4) is 17.2 Å². The van der Waals surface area contributed by atoms with E-state index in [9.17, 15) is 29.7 Å². The van der Waals surface area contributed by atoms with Gasteiger partial charge in [-0.25, -0.2) is 4.79 Å². The first-order chi connectivity index (χ1) is 24.8. The Balaban J connectivity index is 0.000000190. The van der Waals surface area contributed by atoms with Crippen LogP contribution in [-0.4, -0.2) is 57.1 Å². The van der Waals surface area contributed by atoms with Crippen molar-refractivity contribution in [2.75, 3.05) is 0 Å². The molecule has 0 saturated heterocycles. The summed E-state index contributed by atoms with van der Waals surface area (Å²) >= 11 is 0. The van der Waals surface area contributed by atoms with Crippen LogP contribution in [0.2, 0.25) is 0 Å². The highest BCUT2D eigenvalue weighted by atomic mass is 16.4. The first-order valence-electron chi connectivity index (χ1n) is 15.1. The molecule has 0 amide bonds. The highest BCUT2D eigenvalue weighted by molar-refractivity contribution is 6.10. The maximum Gasteiger partial charge on any atom is 0.344 e. The maximum absolute atomic E-state index is 11.8. The highest BCUT2D eigenvalue weighted by Gasteiger charge is 2.40. The number of pyridine rings is 5. The molecule has 7 aromatic rings. The Kier molecular flexibility index (Phi) is 16.1. The van der Waals surface area contributed by atoms with Crippen LogP contribution in [0.1, 0.15) is 28.5 Å². The lowest BCUT2D eigenvalue weighted by atomic mass is 9.96. The Morgan fingerprint density at radius 2 is 0.922 bits per heavy atom. The van der Waals surface area contributed by atoms with Crippen LogP contribution in [0.5, 0.6) is 17.2 Å². The minimum absolute atomic E-state index is 0.171. The zero-order chi connectivity index (χ0) is 36.7. The van der Waals surface area contributed by atoms with Crippen LogP contribution < -0.4 is 5.63 Å². The number of benzene rings is 1. The highest BCUT2D eigenvalue weighted by Crippen LogP contribution is 2.46. The monoisotopic (exact) mass is 687 g/mol. The van der Waals surface area contributed by atoms with Gasteiger partial charge in [0, 0.05) is 79.3 Å². The number of fused-ring (bicyclic) bond motifs is 3. The molecule has 1 aliphatic rings. The van der Waals surface area contributed by atoms with E-state index in [0.29, 0.717) is 0 Å². The maximum atomic E-state index is 11.8. The minimum atomic E-state index is -1.33. The first kappa shape index (κ1) is 38.2. The molecule has 0 unspecified atom stereocenters. The van der Waals surface area contributed by atoms with Gasteiger partial charge in [-0.2, -0.15) is 0 Å². The van der Waals surface area contributed by atoms with E-state index in [1.807, 2.05) is 91.0 Å². The van der Waals surface area contributed by atoms with E-state index in [-0.39, 0.29) is 16.3 Å². The first-order valence-corrected chi connectivity index (χ1v) is 15.1. The molecule has 258 valence electrons. The largest absolute Gasteiger partial charge is 0.504 e. The van der Waals surface area contributed by atoms with Gasteiger partial charge in [-0.3, -0.25) is 34.5 Å². The number of nitrogens with zero attached hydrogens (tertiary/aromatic N) is 5. The van der Waals surface area contributed by atoms with Gasteiger partial charge in [-0.15, -0.1) is 0 Å². The summed E-state index contributed by atoms with van der Waals surface area (Å²) in [6, 6.07) is 29.4. The standard InChI is InChI=1S/C13H8O8.5C5H5N/c14-5-2-4-7(10(17)9(5)16)8-3(12(18)19)1-6(15)11(8)21-13(4)20;5*1-2-4-6-5-3-1/h2-3,14,16-17H,1H2,(H,18,19);5*1-5H/t3-;;;;;/m1...../s1. The Bertz CT molecular complexity index is 1760. The molecule has 0 saturated carbocycles. The van der Waals surface area contributed by atoms with Gasteiger partial charge in [-0.1, -0.05) is 30.3 Å². The van der Waals surface area contributed by atoms with Crippen LogP contribution in [-0.2, 0) is 4.79 Å². The summed E-state index contributed by atoms with van der Waals surface area (Å²) < 4.78 is 4.80. The van der Waals surface area contributed by atoms with Gasteiger partial charge in [0.1, 0.15) is 0 Å². The molecule has 0 radical (unpaired) electrons. The number of aromatic nitrogens is 5. The SMILES string of the molecule is O=C1C[C@@H](C(=O)O)c2c1oc(=O)c1cc(O)c(O)c(O)c21.c1ccncc1.c1ccncc1.c1ccncc1.c1ccncc1.c1ccncc1. The van der Waals surface area contributed by atoms with E-state index in [1.165, 1.54) is 0 Å². The predicted octanol–water partition coefficient (Wildman–Crippen LogP) is 6.07. The fourth-order valence-corrected chi connectivity index (χ4v) is 4.09. The second-order valence-corrected chi connectivity index (χ2v) is 9.79. The van der Waals surface area contributed by atoms with Gasteiger partial charge in [0.15, 0.2) is 23.0 Å². The molecule has 1 aromatic carbocycles. The van der Waals surface area contributed by atoms with Crippen molar-refractivity contribution < 1.29 is 34.4 Å². The Labute approximate surface area is 291 Å². The second-order valence-electron chi connectivity index (χ2n) is 9.79. The second kappa shape index (κ2) is 21.6. The summed E-state index contributed by atoms with van der Waals surface area (Å²) in [5, 5.41) is 37.4. The average molecular weight is 688 g/mol. The minimum Gasteiger partial charge on any atom is -0.504 e. The number of phenols is 3. The number of aromatic hydroxyl groups is 3. The van der Waals surface area contributed by atoms with Crippen molar-refractivity contribution >= 4 is 22.5 Å². The molecule has 0 aliphatic heterocycles. The lowest BCUT2D eigenvalue weighted by Crippen LogP contribution is -2.10. The smallest absolute Gasteiger partial charge is 0.344 e. The number of carboxylic acid groups (broad SMARTS) is 1. The number of rotatable bonds is 1. The third kappa shape index (κ3) is 12.7. The number of aliphatic carboxylic acids is 1. The molecule has 1 atom stereocenters. The number of hydrogen-bond donors (Lipinski definition) is 4. The molecule has 4 N–H and O–H groups in total. The van der Waals surface area contributed by atoms with Crippen LogP contribution >= 0.6 is 0 Å². The molecular formula is C38H33N5O8. The van der Waals surface area contributed by atoms with Crippen molar-refractivity contribution in [1.29, 1.82) is 0 Å². The summed E-state index contributed by atoms with van der Waals surface area (Å²) in [6.45, 7) is 0. The van der Waals surface area contributed by atoms with E-state index >= 15 is 0 Å². The van der Waals surface area contributed by atoms with Crippen LogP contribution in [0.15, 0.2) is 168 Å². The molecule has 0 fully saturated rings. The zero-order valence-corrected chi connectivity index (χ0v) is 27.0. The Morgan fingerprint density at radius 3 is 1.20 bits per heavy atom. The molecular weight excluding hydrogens is 654 g/mol. The number of phenolic OH excluding ortho intramolecular Hbond substituents is 3.